The Balaban J connectivity index is 1.52. The van der Waals surface area contributed by atoms with E-state index >= 15 is 0 Å². The van der Waals surface area contributed by atoms with E-state index in [1.165, 1.54) is 18.3 Å². The first-order valence-electron chi connectivity index (χ1n) is 11.3. The van der Waals surface area contributed by atoms with Crippen LogP contribution in [0.3, 0.4) is 0 Å². The Bertz CT molecular complexity index is 1430. The average molecular weight is 491 g/mol. The van der Waals surface area contributed by atoms with Crippen LogP contribution in [-0.2, 0) is 24.4 Å². The number of carbonyl (C=O) groups is 2. The van der Waals surface area contributed by atoms with E-state index in [9.17, 15) is 23.5 Å². The van der Waals surface area contributed by atoms with Crippen LogP contribution in [0.2, 0.25) is 0 Å². The maximum Gasteiger partial charge on any atom is 0.224 e. The normalized spacial score (nSPS) is 11.9. The zero-order valence-electron chi connectivity index (χ0n) is 19.2. The molecule has 184 valence electrons. The number of aliphatic hydroxyl groups is 1. The molecule has 0 fully saturated rings. The highest BCUT2D eigenvalue weighted by Crippen LogP contribution is 2.21. The van der Waals surface area contributed by atoms with Gasteiger partial charge in [-0.05, 0) is 64.9 Å². The number of ketones is 1. The number of hydrogen-bond donors (Lipinski definition) is 3. The second-order valence-corrected chi connectivity index (χ2v) is 8.45. The molecule has 2 heterocycles. The Kier molecular flexibility index (Phi) is 7.60. The monoisotopic (exact) mass is 490 g/mol. The van der Waals surface area contributed by atoms with E-state index in [1.54, 1.807) is 12.3 Å². The van der Waals surface area contributed by atoms with Gasteiger partial charge in [-0.25, -0.2) is 13.8 Å². The third-order valence-corrected chi connectivity index (χ3v) is 5.89. The van der Waals surface area contributed by atoms with Crippen LogP contribution in [0.15, 0.2) is 67.0 Å². The van der Waals surface area contributed by atoms with Gasteiger partial charge < -0.3 is 16.2 Å². The molecule has 0 aliphatic carbocycles. The molecule has 4 aromatic rings. The van der Waals surface area contributed by atoms with Gasteiger partial charge in [0.05, 0.1) is 6.61 Å². The summed E-state index contributed by atoms with van der Waals surface area (Å²) in [6.45, 7) is -0.0627. The van der Waals surface area contributed by atoms with Gasteiger partial charge in [-0.1, -0.05) is 18.2 Å². The van der Waals surface area contributed by atoms with Crippen molar-refractivity contribution in [1.82, 2.24) is 15.3 Å². The molecule has 0 saturated heterocycles. The summed E-state index contributed by atoms with van der Waals surface area (Å²) in [5.74, 6) is -3.29. The van der Waals surface area contributed by atoms with Crippen LogP contribution in [0, 0.1) is 17.6 Å². The van der Waals surface area contributed by atoms with E-state index in [2.05, 4.69) is 15.3 Å². The van der Waals surface area contributed by atoms with Crippen molar-refractivity contribution in [2.45, 2.75) is 26.0 Å². The number of hydrogen-bond acceptors (Lipinski definition) is 6. The number of nitrogens with zero attached hydrogens (tertiary/aromatic N) is 2. The minimum absolute atomic E-state index is 0.0222. The summed E-state index contributed by atoms with van der Waals surface area (Å²) in [4.78, 5) is 34.2. The van der Waals surface area contributed by atoms with Gasteiger partial charge in [0.1, 0.15) is 11.5 Å². The molecule has 0 spiro atoms. The van der Waals surface area contributed by atoms with Gasteiger partial charge in [0.2, 0.25) is 5.91 Å². The van der Waals surface area contributed by atoms with E-state index in [4.69, 9.17) is 5.73 Å². The summed E-state index contributed by atoms with van der Waals surface area (Å²) in [5.41, 5.74) is 7.72. The highest BCUT2D eigenvalue weighted by molar-refractivity contribution is 5.97. The number of nitrogens with two attached hydrogens (primary N) is 1. The van der Waals surface area contributed by atoms with E-state index in [0.717, 1.165) is 28.5 Å². The van der Waals surface area contributed by atoms with Crippen LogP contribution in [0.5, 0.6) is 0 Å². The predicted octanol–water partition coefficient (Wildman–Crippen LogP) is 3.73. The van der Waals surface area contributed by atoms with Gasteiger partial charge in [-0.2, -0.15) is 0 Å². The number of amides is 1. The van der Waals surface area contributed by atoms with E-state index < -0.39 is 29.2 Å². The second kappa shape index (κ2) is 11.0. The number of nitrogen functional groups attached to an aromatic ring is 1. The van der Waals surface area contributed by atoms with E-state index in [-0.39, 0.29) is 31.7 Å². The molecule has 4 rings (SSSR count). The number of halogens is 2. The summed E-state index contributed by atoms with van der Waals surface area (Å²) in [6, 6.07) is 13.8. The second-order valence-electron chi connectivity index (χ2n) is 8.45. The molecule has 1 atom stereocenters. The molecule has 2 aromatic carbocycles. The maximum atomic E-state index is 13.8. The molecule has 36 heavy (non-hydrogen) atoms. The smallest absolute Gasteiger partial charge is 0.224 e. The molecule has 7 nitrogen and oxygen atoms in total. The van der Waals surface area contributed by atoms with E-state index in [0.29, 0.717) is 16.9 Å². The Hall–Kier alpha value is -4.24. The fourth-order valence-electron chi connectivity index (χ4n) is 3.96. The third-order valence-electron chi connectivity index (χ3n) is 5.89. The Morgan fingerprint density at radius 2 is 1.69 bits per heavy atom. The van der Waals surface area contributed by atoms with Gasteiger partial charge >= 0.3 is 0 Å². The van der Waals surface area contributed by atoms with E-state index in [1.807, 2.05) is 24.3 Å². The molecule has 4 N–H and O–H groups in total. The number of Topliss-reactive ketones (excluding diaryl/α,β-unsaturated/α-hetero) is 1. The molecule has 9 heteroatoms. The number of carbonyl (C=O) groups excluding carboxylic acids is 2. The number of pyridine rings is 2. The summed E-state index contributed by atoms with van der Waals surface area (Å²) in [5, 5.41) is 13.8. The van der Waals surface area contributed by atoms with Crippen molar-refractivity contribution in [2.75, 3.05) is 5.73 Å². The SMILES string of the molecule is Nc1nccc2cc(CNC(=O)[C@@H](CC(=O)c3cc(CO)ccn3)Cc3ccc(F)c(F)c3)ccc12. The highest BCUT2D eigenvalue weighted by atomic mass is 19.2. The lowest BCUT2D eigenvalue weighted by Crippen LogP contribution is -2.33. The van der Waals surface area contributed by atoms with Crippen LogP contribution in [0.4, 0.5) is 14.6 Å². The molecule has 0 aliphatic rings. The lowest BCUT2D eigenvalue weighted by molar-refractivity contribution is -0.125. The predicted molar refractivity (Wildman–Crippen MR) is 131 cm³/mol. The number of rotatable bonds is 9. The average Bonchev–Trinajstić information content (AvgIpc) is 2.89. The van der Waals surface area contributed by atoms with Crippen molar-refractivity contribution in [2.24, 2.45) is 5.92 Å². The quantitative estimate of drug-likeness (QED) is 0.308. The topological polar surface area (TPSA) is 118 Å². The summed E-state index contributed by atoms with van der Waals surface area (Å²) >= 11 is 0. The first-order valence-corrected chi connectivity index (χ1v) is 11.3. The van der Waals surface area contributed by atoms with Gasteiger partial charge in [-0.3, -0.25) is 14.6 Å². The Morgan fingerprint density at radius 1 is 0.917 bits per heavy atom. The molecule has 0 unspecified atom stereocenters. The molecule has 0 saturated carbocycles. The number of fused-ring (bicyclic) bond motifs is 1. The van der Waals surface area contributed by atoms with Crippen LogP contribution >= 0.6 is 0 Å². The first-order chi connectivity index (χ1) is 17.3. The zero-order chi connectivity index (χ0) is 25.7. The standard InChI is InChI=1S/C27H24F2N4O3/c28-22-4-2-16(11-23(22)29)9-20(13-25(35)24-12-18(15-34)5-7-31-24)27(36)33-14-17-1-3-21-19(10-17)6-8-32-26(21)30/h1-8,10-12,20,34H,9,13-15H2,(H2,30,32)(H,33,36)/t20-/m1/s1. The first kappa shape index (κ1) is 24.9. The summed E-state index contributed by atoms with van der Waals surface area (Å²) in [7, 11) is 0. The highest BCUT2D eigenvalue weighted by Gasteiger charge is 2.24. The van der Waals surface area contributed by atoms with Gasteiger partial charge in [0.15, 0.2) is 17.4 Å². The molecule has 1 amide bonds. The van der Waals surface area contributed by atoms with Crippen molar-refractivity contribution in [3.63, 3.8) is 0 Å². The van der Waals surface area contributed by atoms with Crippen molar-refractivity contribution in [1.29, 1.82) is 0 Å². The largest absolute Gasteiger partial charge is 0.392 e. The zero-order valence-corrected chi connectivity index (χ0v) is 19.2. The lowest BCUT2D eigenvalue weighted by Gasteiger charge is -2.17. The minimum atomic E-state index is -1.03. The van der Waals surface area contributed by atoms with Crippen molar-refractivity contribution < 1.29 is 23.5 Å². The van der Waals surface area contributed by atoms with Gasteiger partial charge in [-0.15, -0.1) is 0 Å². The number of aromatic nitrogens is 2. The molecule has 0 bridgehead atoms. The van der Waals surface area contributed by atoms with Crippen molar-refractivity contribution in [3.05, 3.63) is 101 Å². The van der Waals surface area contributed by atoms with Crippen LogP contribution in [-0.4, -0.2) is 26.8 Å². The van der Waals surface area contributed by atoms with Gasteiger partial charge in [0, 0.05) is 36.7 Å². The number of aliphatic hydroxyl groups excluding tert-OH is 1. The Morgan fingerprint density at radius 3 is 2.47 bits per heavy atom. The molecule has 0 radical (unpaired) electrons. The lowest BCUT2D eigenvalue weighted by atomic mass is 9.92. The number of nitrogens with one attached hydrogen (secondary N) is 1. The van der Waals surface area contributed by atoms with Crippen LogP contribution in [0.1, 0.15) is 33.6 Å². The summed E-state index contributed by atoms with van der Waals surface area (Å²) in [6.07, 6.45) is 2.83. The molecule has 0 aliphatic heterocycles. The van der Waals surface area contributed by atoms with Crippen LogP contribution in [0.25, 0.3) is 10.8 Å². The third kappa shape index (κ3) is 5.87. The molecule has 2 aromatic heterocycles. The van der Waals surface area contributed by atoms with Crippen LogP contribution < -0.4 is 11.1 Å². The maximum absolute atomic E-state index is 13.8. The number of anilines is 1. The minimum Gasteiger partial charge on any atom is -0.392 e. The van der Waals surface area contributed by atoms with Crippen molar-refractivity contribution >= 4 is 28.3 Å². The van der Waals surface area contributed by atoms with Crippen molar-refractivity contribution in [3.8, 4) is 0 Å². The number of benzene rings is 2. The molecular weight excluding hydrogens is 466 g/mol. The summed E-state index contributed by atoms with van der Waals surface area (Å²) < 4.78 is 27.2. The molecular formula is C27H24F2N4O3. The fourth-order valence-corrected chi connectivity index (χ4v) is 3.96. The fraction of sp³-hybridized carbons (Fsp3) is 0.185. The van der Waals surface area contributed by atoms with Gasteiger partial charge in [0.25, 0.3) is 0 Å². The Labute approximate surface area is 206 Å².